The zero-order valence-electron chi connectivity index (χ0n) is 55.0. The van der Waals surface area contributed by atoms with Crippen molar-refractivity contribution in [3.63, 3.8) is 0 Å². The molecule has 2 atom stereocenters. The molecule has 2 unspecified atom stereocenters. The van der Waals surface area contributed by atoms with E-state index in [-0.39, 0.29) is 18.5 Å². The second-order valence-electron chi connectivity index (χ2n) is 25.6. The number of allylic oxidation sites excluding steroid dienone is 4. The molecule has 0 aromatic rings. The van der Waals surface area contributed by atoms with Crippen LogP contribution in [0.3, 0.4) is 0 Å². The Morgan fingerprint density at radius 1 is 0.346 bits per heavy atom. The van der Waals surface area contributed by atoms with E-state index >= 15 is 0 Å². The SMILES string of the molecule is CCCCCC/C=C\C/C=C\CCCCCCCC(=O)OCCCCCCCCCCCCCCCCCCCCCCCCCC(=O)NC(CO)C(O)CCCCCCCCCCCCCCCCCCCCCCCCCCC. The Morgan fingerprint density at radius 2 is 0.617 bits per heavy atom. The van der Waals surface area contributed by atoms with Crippen molar-refractivity contribution >= 4 is 11.9 Å². The standard InChI is InChI=1S/C75H145NO5/c1-3-5-7-9-11-13-15-17-19-21-22-23-24-25-27-30-33-36-39-43-47-51-55-59-63-67-73(78)72(71-77)76-74(79)68-64-60-56-52-48-44-40-37-34-31-28-26-29-32-35-38-42-46-50-54-58-62-66-70-81-75(80)69-65-61-57-53-49-45-41-20-18-16-14-12-10-8-6-4-2/h14,16,20,41,72-73,77-78H,3-13,15,17-19,21-40,42-71H2,1-2H3,(H,76,79)/b16-14-,41-20-. The van der Waals surface area contributed by atoms with Gasteiger partial charge in [-0.05, 0) is 57.8 Å². The van der Waals surface area contributed by atoms with Gasteiger partial charge < -0.3 is 20.3 Å². The fourth-order valence-electron chi connectivity index (χ4n) is 11.9. The maximum absolute atomic E-state index is 12.6. The number of aliphatic hydroxyl groups excluding tert-OH is 2. The lowest BCUT2D eigenvalue weighted by Crippen LogP contribution is -2.45. The van der Waals surface area contributed by atoms with Gasteiger partial charge in [-0.25, -0.2) is 0 Å². The minimum absolute atomic E-state index is 0.00211. The molecule has 0 radical (unpaired) electrons. The summed E-state index contributed by atoms with van der Waals surface area (Å²) in [6, 6.07) is -0.543. The smallest absolute Gasteiger partial charge is 0.305 e. The van der Waals surface area contributed by atoms with Crippen LogP contribution in [0.25, 0.3) is 0 Å². The zero-order valence-corrected chi connectivity index (χ0v) is 55.0. The number of carbonyl (C=O) groups excluding carboxylic acids is 2. The molecule has 0 saturated carbocycles. The van der Waals surface area contributed by atoms with Crippen molar-refractivity contribution in [3.05, 3.63) is 24.3 Å². The summed E-state index contributed by atoms with van der Waals surface area (Å²) in [4.78, 5) is 24.7. The maximum Gasteiger partial charge on any atom is 0.305 e. The summed E-state index contributed by atoms with van der Waals surface area (Å²) < 4.78 is 5.49. The van der Waals surface area contributed by atoms with E-state index in [0.717, 1.165) is 51.4 Å². The molecule has 0 heterocycles. The minimum atomic E-state index is -0.666. The predicted octanol–water partition coefficient (Wildman–Crippen LogP) is 24.1. The first kappa shape index (κ1) is 79.3. The second kappa shape index (κ2) is 70.8. The second-order valence-corrected chi connectivity index (χ2v) is 25.6. The molecule has 0 fully saturated rings. The van der Waals surface area contributed by atoms with Crippen LogP contribution in [0, 0.1) is 0 Å². The molecular weight excluding hydrogens is 995 g/mol. The molecule has 0 spiro atoms. The highest BCUT2D eigenvalue weighted by atomic mass is 16.5. The first-order valence-corrected chi connectivity index (χ1v) is 37.1. The topological polar surface area (TPSA) is 95.9 Å². The van der Waals surface area contributed by atoms with Crippen LogP contribution in [-0.4, -0.2) is 47.4 Å². The molecule has 81 heavy (non-hydrogen) atoms. The molecule has 0 rings (SSSR count). The van der Waals surface area contributed by atoms with Crippen LogP contribution >= 0.6 is 0 Å². The van der Waals surface area contributed by atoms with Crippen LogP contribution in [0.15, 0.2) is 24.3 Å². The lowest BCUT2D eigenvalue weighted by molar-refractivity contribution is -0.143. The van der Waals surface area contributed by atoms with Gasteiger partial charge in [-0.15, -0.1) is 0 Å². The number of rotatable bonds is 70. The number of aliphatic hydroxyl groups is 2. The van der Waals surface area contributed by atoms with E-state index in [9.17, 15) is 19.8 Å². The molecule has 480 valence electrons. The Bertz CT molecular complexity index is 1270. The monoisotopic (exact) mass is 1140 g/mol. The van der Waals surface area contributed by atoms with E-state index in [2.05, 4.69) is 43.5 Å². The summed E-state index contributed by atoms with van der Waals surface area (Å²) >= 11 is 0. The van der Waals surface area contributed by atoms with Crippen molar-refractivity contribution in [2.75, 3.05) is 13.2 Å². The average molecular weight is 1140 g/mol. The quantitative estimate of drug-likeness (QED) is 0.0320. The number of esters is 1. The number of carbonyl (C=O) groups is 2. The normalized spacial score (nSPS) is 12.6. The van der Waals surface area contributed by atoms with Gasteiger partial charge in [0.2, 0.25) is 5.91 Å². The van der Waals surface area contributed by atoms with Gasteiger partial charge in [-0.2, -0.15) is 0 Å². The van der Waals surface area contributed by atoms with Crippen LogP contribution < -0.4 is 5.32 Å². The van der Waals surface area contributed by atoms with Gasteiger partial charge in [0.15, 0.2) is 0 Å². The van der Waals surface area contributed by atoms with Gasteiger partial charge in [-0.3, -0.25) is 9.59 Å². The van der Waals surface area contributed by atoms with Gasteiger partial charge in [0.05, 0.1) is 25.4 Å². The van der Waals surface area contributed by atoms with E-state index in [4.69, 9.17) is 4.74 Å². The molecule has 0 aliphatic heterocycles. The first-order valence-electron chi connectivity index (χ1n) is 37.1. The van der Waals surface area contributed by atoms with Gasteiger partial charge in [-0.1, -0.05) is 372 Å². The Hall–Kier alpha value is -1.66. The minimum Gasteiger partial charge on any atom is -0.466 e. The van der Waals surface area contributed by atoms with Crippen LogP contribution in [0.2, 0.25) is 0 Å². The first-order chi connectivity index (χ1) is 40.0. The van der Waals surface area contributed by atoms with Crippen LogP contribution in [0.5, 0.6) is 0 Å². The third-order valence-corrected chi connectivity index (χ3v) is 17.5. The number of amides is 1. The largest absolute Gasteiger partial charge is 0.466 e. The van der Waals surface area contributed by atoms with Crippen molar-refractivity contribution in [3.8, 4) is 0 Å². The molecule has 3 N–H and O–H groups in total. The Morgan fingerprint density at radius 3 is 0.951 bits per heavy atom. The van der Waals surface area contributed by atoms with Gasteiger partial charge in [0.25, 0.3) is 0 Å². The van der Waals surface area contributed by atoms with Crippen molar-refractivity contribution in [1.29, 1.82) is 0 Å². The van der Waals surface area contributed by atoms with Gasteiger partial charge in [0, 0.05) is 12.8 Å². The number of unbranched alkanes of at least 4 members (excludes halogenated alkanes) is 55. The van der Waals surface area contributed by atoms with Crippen LogP contribution in [0.4, 0.5) is 0 Å². The molecule has 0 aliphatic carbocycles. The summed E-state index contributed by atoms with van der Waals surface area (Å²) in [5, 5.41) is 23.5. The molecule has 1 amide bonds. The average Bonchev–Trinajstić information content (AvgIpc) is 3.47. The number of hydrogen-bond donors (Lipinski definition) is 3. The van der Waals surface area contributed by atoms with Crippen molar-refractivity contribution in [1.82, 2.24) is 5.32 Å². The number of nitrogens with one attached hydrogen (secondary N) is 1. The third-order valence-electron chi connectivity index (χ3n) is 17.5. The van der Waals surface area contributed by atoms with Crippen LogP contribution in [-0.2, 0) is 14.3 Å². The summed E-state index contributed by atoms with van der Waals surface area (Å²) in [5.74, 6) is -0.0272. The maximum atomic E-state index is 12.6. The fraction of sp³-hybridized carbons (Fsp3) is 0.920. The molecular formula is C75H145NO5. The lowest BCUT2D eigenvalue weighted by atomic mass is 10.0. The number of ether oxygens (including phenoxy) is 1. The molecule has 0 aromatic carbocycles. The highest BCUT2D eigenvalue weighted by Gasteiger charge is 2.20. The summed E-state index contributed by atoms with van der Waals surface area (Å²) in [6.07, 6.45) is 89.5. The Balaban J connectivity index is 3.38. The molecule has 0 aromatic heterocycles. The van der Waals surface area contributed by atoms with E-state index in [0.29, 0.717) is 25.9 Å². The van der Waals surface area contributed by atoms with E-state index < -0.39 is 12.1 Å². The highest BCUT2D eigenvalue weighted by molar-refractivity contribution is 5.76. The molecule has 6 heteroatoms. The van der Waals surface area contributed by atoms with Crippen molar-refractivity contribution in [2.24, 2.45) is 0 Å². The van der Waals surface area contributed by atoms with Crippen molar-refractivity contribution in [2.45, 2.75) is 431 Å². The van der Waals surface area contributed by atoms with Gasteiger partial charge >= 0.3 is 5.97 Å². The van der Waals surface area contributed by atoms with Crippen molar-refractivity contribution < 1.29 is 24.5 Å². The molecule has 0 saturated heterocycles. The molecule has 0 aliphatic rings. The Labute approximate surface area is 507 Å². The Kier molecular flexibility index (Phi) is 69.4. The number of hydrogen-bond acceptors (Lipinski definition) is 5. The summed E-state index contributed by atoms with van der Waals surface area (Å²) in [6.45, 7) is 4.97. The fourth-order valence-corrected chi connectivity index (χ4v) is 11.9. The third kappa shape index (κ3) is 67.3. The molecule has 6 nitrogen and oxygen atoms in total. The van der Waals surface area contributed by atoms with E-state index in [1.165, 1.54) is 334 Å². The van der Waals surface area contributed by atoms with E-state index in [1.54, 1.807) is 0 Å². The zero-order chi connectivity index (χ0) is 58.5. The van der Waals surface area contributed by atoms with Crippen LogP contribution in [0.1, 0.15) is 418 Å². The lowest BCUT2D eigenvalue weighted by Gasteiger charge is -2.22. The predicted molar refractivity (Wildman–Crippen MR) is 356 cm³/mol. The summed E-state index contributed by atoms with van der Waals surface area (Å²) in [5.41, 5.74) is 0. The summed E-state index contributed by atoms with van der Waals surface area (Å²) in [7, 11) is 0. The molecule has 0 bridgehead atoms. The van der Waals surface area contributed by atoms with Gasteiger partial charge in [0.1, 0.15) is 0 Å². The van der Waals surface area contributed by atoms with E-state index in [1.807, 2.05) is 0 Å². The highest BCUT2D eigenvalue weighted by Crippen LogP contribution is 2.20.